The van der Waals surface area contributed by atoms with Crippen molar-refractivity contribution in [2.75, 3.05) is 11.9 Å². The fourth-order valence-electron chi connectivity index (χ4n) is 1.58. The van der Waals surface area contributed by atoms with Gasteiger partial charge in [-0.1, -0.05) is 18.3 Å². The topological polar surface area (TPSA) is 59.8 Å². The number of hydrogen-bond acceptors (Lipinski definition) is 5. The molecule has 2 heterocycles. The zero-order valence-electron chi connectivity index (χ0n) is 10.5. The number of rotatable bonds is 5. The van der Waals surface area contributed by atoms with Gasteiger partial charge in [0, 0.05) is 19.3 Å². The lowest BCUT2D eigenvalue weighted by molar-refractivity contribution is 0.728. The molecule has 0 unspecified atom stereocenters. The zero-order valence-corrected chi connectivity index (χ0v) is 11.3. The van der Waals surface area contributed by atoms with Crippen LogP contribution in [0.4, 0.5) is 5.13 Å². The van der Waals surface area contributed by atoms with E-state index in [0.29, 0.717) is 17.1 Å². The lowest BCUT2D eigenvalue weighted by Gasteiger charge is -2.02. The molecule has 2 rings (SSSR count). The number of hydrogen-bond donors (Lipinski definition) is 1. The largest absolute Gasteiger partial charge is 0.360 e. The third-order valence-corrected chi connectivity index (χ3v) is 3.46. The van der Waals surface area contributed by atoms with Gasteiger partial charge in [-0.05, 0) is 25.5 Å². The van der Waals surface area contributed by atoms with Gasteiger partial charge in [-0.2, -0.15) is 0 Å². The van der Waals surface area contributed by atoms with Crippen molar-refractivity contribution in [2.45, 2.75) is 26.8 Å². The SMILES string of the molecule is CCCNc1nnc(-c2cccn(CC)c2=O)s1. The van der Waals surface area contributed by atoms with Gasteiger partial charge in [-0.15, -0.1) is 10.2 Å². The summed E-state index contributed by atoms with van der Waals surface area (Å²) in [5.41, 5.74) is 0.597. The molecule has 0 bridgehead atoms. The molecule has 0 saturated carbocycles. The first-order valence-electron chi connectivity index (χ1n) is 6.03. The number of aryl methyl sites for hydroxylation is 1. The monoisotopic (exact) mass is 264 g/mol. The molecule has 0 aromatic carbocycles. The van der Waals surface area contributed by atoms with E-state index >= 15 is 0 Å². The van der Waals surface area contributed by atoms with Crippen LogP contribution in [-0.2, 0) is 6.54 Å². The van der Waals surface area contributed by atoms with E-state index in [1.807, 2.05) is 13.0 Å². The Labute approximate surface area is 110 Å². The minimum absolute atomic E-state index is 0.0156. The summed E-state index contributed by atoms with van der Waals surface area (Å²) >= 11 is 1.41. The lowest BCUT2D eigenvalue weighted by atomic mass is 10.3. The minimum atomic E-state index is -0.0156. The van der Waals surface area contributed by atoms with E-state index in [2.05, 4.69) is 22.4 Å². The Morgan fingerprint density at radius 2 is 2.22 bits per heavy atom. The fourth-order valence-corrected chi connectivity index (χ4v) is 2.37. The summed E-state index contributed by atoms with van der Waals surface area (Å²) in [6.07, 6.45) is 2.81. The molecule has 96 valence electrons. The number of anilines is 1. The first-order chi connectivity index (χ1) is 8.76. The smallest absolute Gasteiger partial charge is 0.260 e. The highest BCUT2D eigenvalue weighted by atomic mass is 32.1. The van der Waals surface area contributed by atoms with Crippen LogP contribution in [0.5, 0.6) is 0 Å². The van der Waals surface area contributed by atoms with E-state index in [1.165, 1.54) is 11.3 Å². The molecule has 0 atom stereocenters. The van der Waals surface area contributed by atoms with Gasteiger partial charge in [0.1, 0.15) is 0 Å². The normalized spacial score (nSPS) is 10.6. The number of pyridine rings is 1. The van der Waals surface area contributed by atoms with Crippen molar-refractivity contribution in [3.8, 4) is 10.6 Å². The van der Waals surface area contributed by atoms with E-state index in [1.54, 1.807) is 16.8 Å². The summed E-state index contributed by atoms with van der Waals surface area (Å²) in [4.78, 5) is 12.1. The van der Waals surface area contributed by atoms with Crippen LogP contribution in [0, 0.1) is 0 Å². The molecule has 0 amide bonds. The predicted molar refractivity (Wildman–Crippen MR) is 74.1 cm³/mol. The predicted octanol–water partition coefficient (Wildman–Crippen LogP) is 2.21. The molecule has 0 radical (unpaired) electrons. The van der Waals surface area contributed by atoms with Crippen LogP contribution in [-0.4, -0.2) is 21.3 Å². The van der Waals surface area contributed by atoms with E-state index in [4.69, 9.17) is 0 Å². The van der Waals surface area contributed by atoms with E-state index in [9.17, 15) is 4.79 Å². The summed E-state index contributed by atoms with van der Waals surface area (Å²) in [6, 6.07) is 3.65. The summed E-state index contributed by atoms with van der Waals surface area (Å²) in [6.45, 7) is 5.56. The van der Waals surface area contributed by atoms with Crippen LogP contribution in [0.3, 0.4) is 0 Å². The summed E-state index contributed by atoms with van der Waals surface area (Å²) < 4.78 is 1.66. The molecule has 2 aromatic rings. The molecule has 5 nitrogen and oxygen atoms in total. The van der Waals surface area contributed by atoms with Crippen LogP contribution in [0.25, 0.3) is 10.6 Å². The third-order valence-electron chi connectivity index (χ3n) is 2.54. The van der Waals surface area contributed by atoms with Crippen LogP contribution < -0.4 is 10.9 Å². The van der Waals surface area contributed by atoms with Gasteiger partial charge in [0.25, 0.3) is 5.56 Å². The van der Waals surface area contributed by atoms with Crippen molar-refractivity contribution in [3.63, 3.8) is 0 Å². The van der Waals surface area contributed by atoms with Gasteiger partial charge in [0.05, 0.1) is 5.56 Å². The van der Waals surface area contributed by atoms with Crippen LogP contribution in [0.15, 0.2) is 23.1 Å². The maximum absolute atomic E-state index is 12.1. The second-order valence-electron chi connectivity index (χ2n) is 3.85. The van der Waals surface area contributed by atoms with Gasteiger partial charge in [0.15, 0.2) is 5.01 Å². The zero-order chi connectivity index (χ0) is 13.0. The standard InChI is InChI=1S/C12H16N4OS/c1-3-7-13-12-15-14-10(18-12)9-6-5-8-16(4-2)11(9)17/h5-6,8H,3-4,7H2,1-2H3,(H,13,15). The highest BCUT2D eigenvalue weighted by Gasteiger charge is 2.10. The molecule has 0 spiro atoms. The molecule has 1 N–H and O–H groups in total. The summed E-state index contributed by atoms with van der Waals surface area (Å²) in [5, 5.41) is 12.7. The number of nitrogens with one attached hydrogen (secondary N) is 1. The molecule has 0 aliphatic rings. The Bertz CT molecular complexity index is 575. The maximum atomic E-state index is 12.1. The Morgan fingerprint density at radius 3 is 2.94 bits per heavy atom. The minimum Gasteiger partial charge on any atom is -0.360 e. The van der Waals surface area contributed by atoms with Crippen molar-refractivity contribution in [1.82, 2.24) is 14.8 Å². The Hall–Kier alpha value is -1.69. The molecular formula is C12H16N4OS. The van der Waals surface area contributed by atoms with E-state index < -0.39 is 0 Å². The molecule has 2 aromatic heterocycles. The maximum Gasteiger partial charge on any atom is 0.260 e. The van der Waals surface area contributed by atoms with Crippen molar-refractivity contribution in [2.24, 2.45) is 0 Å². The van der Waals surface area contributed by atoms with Gasteiger partial charge >= 0.3 is 0 Å². The highest BCUT2D eigenvalue weighted by molar-refractivity contribution is 7.18. The summed E-state index contributed by atoms with van der Waals surface area (Å²) in [7, 11) is 0. The van der Waals surface area contributed by atoms with Gasteiger partial charge in [-0.3, -0.25) is 4.79 Å². The molecule has 18 heavy (non-hydrogen) atoms. The second-order valence-corrected chi connectivity index (χ2v) is 4.83. The molecule has 6 heteroatoms. The van der Waals surface area contributed by atoms with Crippen LogP contribution >= 0.6 is 11.3 Å². The number of aromatic nitrogens is 3. The average Bonchev–Trinajstić information content (AvgIpc) is 2.85. The third kappa shape index (κ3) is 2.59. The molecular weight excluding hydrogens is 248 g/mol. The van der Waals surface area contributed by atoms with E-state index in [0.717, 1.165) is 18.1 Å². The molecule has 0 aliphatic heterocycles. The van der Waals surface area contributed by atoms with Crippen molar-refractivity contribution in [1.29, 1.82) is 0 Å². The number of nitrogens with zero attached hydrogens (tertiary/aromatic N) is 3. The Balaban J connectivity index is 2.31. The van der Waals surface area contributed by atoms with Crippen LogP contribution in [0.2, 0.25) is 0 Å². The average molecular weight is 264 g/mol. The quantitative estimate of drug-likeness (QED) is 0.899. The van der Waals surface area contributed by atoms with Crippen molar-refractivity contribution < 1.29 is 0 Å². The fraction of sp³-hybridized carbons (Fsp3) is 0.417. The van der Waals surface area contributed by atoms with Gasteiger partial charge < -0.3 is 9.88 Å². The second kappa shape index (κ2) is 5.77. The Kier molecular flexibility index (Phi) is 4.09. The first-order valence-corrected chi connectivity index (χ1v) is 6.85. The van der Waals surface area contributed by atoms with Crippen LogP contribution in [0.1, 0.15) is 20.3 Å². The molecule has 0 saturated heterocycles. The highest BCUT2D eigenvalue weighted by Crippen LogP contribution is 2.23. The van der Waals surface area contributed by atoms with Gasteiger partial charge in [-0.25, -0.2) is 0 Å². The Morgan fingerprint density at radius 1 is 1.39 bits per heavy atom. The lowest BCUT2D eigenvalue weighted by Crippen LogP contribution is -2.19. The van der Waals surface area contributed by atoms with Crippen molar-refractivity contribution in [3.05, 3.63) is 28.7 Å². The molecule has 0 aliphatic carbocycles. The first kappa shape index (κ1) is 12.8. The van der Waals surface area contributed by atoms with Gasteiger partial charge in [0.2, 0.25) is 5.13 Å². The van der Waals surface area contributed by atoms with Crippen molar-refractivity contribution >= 4 is 16.5 Å². The van der Waals surface area contributed by atoms with E-state index in [-0.39, 0.29) is 5.56 Å². The summed E-state index contributed by atoms with van der Waals surface area (Å²) in [5.74, 6) is 0. The molecule has 0 fully saturated rings.